The van der Waals surface area contributed by atoms with E-state index in [1.54, 1.807) is 0 Å². The first-order valence-corrected chi connectivity index (χ1v) is 8.01. The van der Waals surface area contributed by atoms with Gasteiger partial charge in [0.05, 0.1) is 4.83 Å². The van der Waals surface area contributed by atoms with Gasteiger partial charge < -0.3 is 0 Å². The summed E-state index contributed by atoms with van der Waals surface area (Å²) in [5.41, 5.74) is 6.37. The number of alkyl halides is 1. The Bertz CT molecular complexity index is 714. The van der Waals surface area contributed by atoms with E-state index in [9.17, 15) is 0 Å². The van der Waals surface area contributed by atoms with Crippen LogP contribution >= 0.6 is 15.9 Å². The molecule has 3 rings (SSSR count). The lowest BCUT2D eigenvalue weighted by Gasteiger charge is -2.12. The van der Waals surface area contributed by atoms with E-state index in [0.717, 1.165) is 0 Å². The first-order chi connectivity index (χ1) is 10.2. The zero-order valence-electron chi connectivity index (χ0n) is 12.0. The molecule has 0 fully saturated rings. The average Bonchev–Trinajstić information content (AvgIpc) is 2.55. The molecule has 0 heterocycles. The van der Waals surface area contributed by atoms with Crippen molar-refractivity contribution in [2.75, 3.05) is 0 Å². The molecule has 1 atom stereocenters. The predicted octanol–water partition coefficient (Wildman–Crippen LogP) is 6.15. The van der Waals surface area contributed by atoms with Crippen LogP contribution in [0.5, 0.6) is 0 Å². The summed E-state index contributed by atoms with van der Waals surface area (Å²) in [5, 5.41) is 0. The van der Waals surface area contributed by atoms with Crippen LogP contribution in [0.2, 0.25) is 0 Å². The SMILES string of the molecule is Cc1cccc(C(Br)c2ccc(-c3ccccc3)cc2)c1. The molecular weight excluding hydrogens is 320 g/mol. The maximum absolute atomic E-state index is 3.81. The summed E-state index contributed by atoms with van der Waals surface area (Å²) >= 11 is 3.81. The number of benzene rings is 3. The Morgan fingerprint density at radius 1 is 0.667 bits per heavy atom. The van der Waals surface area contributed by atoms with Gasteiger partial charge in [-0.15, -0.1) is 0 Å². The van der Waals surface area contributed by atoms with E-state index < -0.39 is 0 Å². The summed E-state index contributed by atoms with van der Waals surface area (Å²) < 4.78 is 0. The van der Waals surface area contributed by atoms with Gasteiger partial charge in [-0.2, -0.15) is 0 Å². The van der Waals surface area contributed by atoms with E-state index >= 15 is 0 Å². The summed E-state index contributed by atoms with van der Waals surface area (Å²) in [5.74, 6) is 0. The van der Waals surface area contributed by atoms with E-state index in [4.69, 9.17) is 0 Å². The fourth-order valence-electron chi connectivity index (χ4n) is 2.50. The van der Waals surface area contributed by atoms with Gasteiger partial charge in [0.25, 0.3) is 0 Å². The van der Waals surface area contributed by atoms with Gasteiger partial charge in [-0.05, 0) is 29.2 Å². The normalized spacial score (nSPS) is 12.1. The van der Waals surface area contributed by atoms with E-state index in [1.807, 2.05) is 6.07 Å². The van der Waals surface area contributed by atoms with Crippen LogP contribution in [0.3, 0.4) is 0 Å². The van der Waals surface area contributed by atoms with Gasteiger partial charge in [-0.25, -0.2) is 0 Å². The van der Waals surface area contributed by atoms with E-state index in [-0.39, 0.29) is 4.83 Å². The summed E-state index contributed by atoms with van der Waals surface area (Å²) in [7, 11) is 0. The summed E-state index contributed by atoms with van der Waals surface area (Å²) in [4.78, 5) is 0.238. The molecule has 3 aromatic rings. The Kier molecular flexibility index (Phi) is 4.21. The molecule has 1 unspecified atom stereocenters. The van der Waals surface area contributed by atoms with Crippen LogP contribution < -0.4 is 0 Å². The minimum Gasteiger partial charge on any atom is -0.0786 e. The molecule has 0 bridgehead atoms. The Balaban J connectivity index is 1.87. The molecule has 3 aromatic carbocycles. The third-order valence-electron chi connectivity index (χ3n) is 3.65. The van der Waals surface area contributed by atoms with Crippen molar-refractivity contribution in [3.8, 4) is 11.1 Å². The van der Waals surface area contributed by atoms with Crippen molar-refractivity contribution in [3.63, 3.8) is 0 Å². The second-order valence-corrected chi connectivity index (χ2v) is 6.18. The van der Waals surface area contributed by atoms with Gasteiger partial charge in [0, 0.05) is 0 Å². The molecular formula is C20H17Br. The fourth-order valence-corrected chi connectivity index (χ4v) is 3.09. The summed E-state index contributed by atoms with van der Waals surface area (Å²) in [6, 6.07) is 27.9. The van der Waals surface area contributed by atoms with Crippen LogP contribution in [0.1, 0.15) is 21.5 Å². The number of hydrogen-bond donors (Lipinski definition) is 0. The third-order valence-corrected chi connectivity index (χ3v) is 4.70. The van der Waals surface area contributed by atoms with E-state index in [1.165, 1.54) is 27.8 Å². The minimum absolute atomic E-state index is 0.238. The van der Waals surface area contributed by atoms with Gasteiger partial charge in [0.2, 0.25) is 0 Å². The molecule has 0 nitrogen and oxygen atoms in total. The highest BCUT2D eigenvalue weighted by Gasteiger charge is 2.10. The predicted molar refractivity (Wildman–Crippen MR) is 93.8 cm³/mol. The molecule has 0 aliphatic rings. The highest BCUT2D eigenvalue weighted by atomic mass is 79.9. The lowest BCUT2D eigenvalue weighted by molar-refractivity contribution is 1.17. The zero-order chi connectivity index (χ0) is 14.7. The summed E-state index contributed by atoms with van der Waals surface area (Å²) in [6.07, 6.45) is 0. The molecule has 21 heavy (non-hydrogen) atoms. The second kappa shape index (κ2) is 6.28. The number of aryl methyl sites for hydroxylation is 1. The summed E-state index contributed by atoms with van der Waals surface area (Å²) in [6.45, 7) is 2.13. The van der Waals surface area contributed by atoms with Crippen molar-refractivity contribution in [1.82, 2.24) is 0 Å². The van der Waals surface area contributed by atoms with Gasteiger partial charge in [0.1, 0.15) is 0 Å². The standard InChI is InChI=1S/C20H17Br/c1-15-6-5-9-19(14-15)20(21)18-12-10-17(11-13-18)16-7-3-2-4-8-16/h2-14,20H,1H3. The van der Waals surface area contributed by atoms with Crippen LogP contribution in [0, 0.1) is 6.92 Å². The van der Waals surface area contributed by atoms with Gasteiger partial charge >= 0.3 is 0 Å². The minimum atomic E-state index is 0.238. The fraction of sp³-hybridized carbons (Fsp3) is 0.100. The number of rotatable bonds is 3. The van der Waals surface area contributed by atoms with Gasteiger partial charge in [-0.3, -0.25) is 0 Å². The highest BCUT2D eigenvalue weighted by molar-refractivity contribution is 9.09. The Hall–Kier alpha value is -1.86. The molecule has 0 saturated carbocycles. The van der Waals surface area contributed by atoms with Crippen LogP contribution in [-0.4, -0.2) is 0 Å². The number of halogens is 1. The molecule has 0 saturated heterocycles. The third kappa shape index (κ3) is 3.25. The largest absolute Gasteiger partial charge is 0.0786 e. The van der Waals surface area contributed by atoms with Crippen LogP contribution in [0.25, 0.3) is 11.1 Å². The van der Waals surface area contributed by atoms with Crippen molar-refractivity contribution < 1.29 is 0 Å². The molecule has 0 spiro atoms. The average molecular weight is 337 g/mol. The maximum atomic E-state index is 3.81. The monoisotopic (exact) mass is 336 g/mol. The molecule has 0 aromatic heterocycles. The molecule has 104 valence electrons. The maximum Gasteiger partial charge on any atom is 0.0644 e. The van der Waals surface area contributed by atoms with Crippen molar-refractivity contribution in [2.24, 2.45) is 0 Å². The molecule has 0 amide bonds. The van der Waals surface area contributed by atoms with Crippen molar-refractivity contribution in [3.05, 3.63) is 95.6 Å². The molecule has 0 aliphatic heterocycles. The Morgan fingerprint density at radius 2 is 1.33 bits per heavy atom. The van der Waals surface area contributed by atoms with Crippen molar-refractivity contribution in [1.29, 1.82) is 0 Å². The topological polar surface area (TPSA) is 0 Å². The van der Waals surface area contributed by atoms with Crippen molar-refractivity contribution >= 4 is 15.9 Å². The molecule has 0 radical (unpaired) electrons. The van der Waals surface area contributed by atoms with Crippen LogP contribution in [0.15, 0.2) is 78.9 Å². The highest BCUT2D eigenvalue weighted by Crippen LogP contribution is 2.32. The first kappa shape index (κ1) is 14.1. The quantitative estimate of drug-likeness (QED) is 0.503. The zero-order valence-corrected chi connectivity index (χ0v) is 13.5. The van der Waals surface area contributed by atoms with Gasteiger partial charge in [0.15, 0.2) is 0 Å². The molecule has 1 heteroatoms. The van der Waals surface area contributed by atoms with E-state index in [2.05, 4.69) is 95.7 Å². The molecule has 0 aliphatic carbocycles. The van der Waals surface area contributed by atoms with Crippen LogP contribution in [0.4, 0.5) is 0 Å². The number of hydrogen-bond acceptors (Lipinski definition) is 0. The Morgan fingerprint density at radius 3 is 2.00 bits per heavy atom. The smallest absolute Gasteiger partial charge is 0.0644 e. The van der Waals surface area contributed by atoms with E-state index in [0.29, 0.717) is 0 Å². The lowest BCUT2D eigenvalue weighted by Crippen LogP contribution is -1.93. The second-order valence-electron chi connectivity index (χ2n) is 5.26. The first-order valence-electron chi connectivity index (χ1n) is 7.10. The lowest BCUT2D eigenvalue weighted by atomic mass is 9.99. The molecule has 0 N–H and O–H groups in total. The van der Waals surface area contributed by atoms with Gasteiger partial charge in [-0.1, -0.05) is 100 Å². The Labute approximate surface area is 134 Å². The van der Waals surface area contributed by atoms with Crippen molar-refractivity contribution in [2.45, 2.75) is 11.8 Å². The van der Waals surface area contributed by atoms with Crippen LogP contribution in [-0.2, 0) is 0 Å².